The van der Waals surface area contributed by atoms with E-state index in [0.717, 1.165) is 10.6 Å². The standard InChI is InChI=1S/C17H19F2N3O3S/c1-8(2)22-15-13(16(23)21-22)14(26-9(3)20-15)10-5-6-11(25-17(18)19)12(7-10)24-4/h5-8,14,17H,1-4H3,(H,21,23). The molecule has 3 rings (SSSR count). The molecule has 1 aliphatic rings. The fourth-order valence-electron chi connectivity index (χ4n) is 2.86. The van der Waals surface area contributed by atoms with E-state index in [-0.39, 0.29) is 28.4 Å². The Balaban J connectivity index is 2.09. The number of nitrogens with one attached hydrogen (secondary N) is 1. The van der Waals surface area contributed by atoms with Crippen molar-refractivity contribution in [1.29, 1.82) is 0 Å². The number of hydrogen-bond donors (Lipinski definition) is 1. The van der Waals surface area contributed by atoms with Gasteiger partial charge in [-0.25, -0.2) is 4.99 Å². The molecule has 0 amide bonds. The zero-order valence-electron chi connectivity index (χ0n) is 14.7. The van der Waals surface area contributed by atoms with E-state index in [2.05, 4.69) is 14.8 Å². The number of H-pyrrole nitrogens is 1. The number of rotatable bonds is 5. The van der Waals surface area contributed by atoms with E-state index in [9.17, 15) is 13.6 Å². The quantitative estimate of drug-likeness (QED) is 0.838. The molecule has 2 heterocycles. The van der Waals surface area contributed by atoms with Crippen LogP contribution in [0.2, 0.25) is 0 Å². The highest BCUT2D eigenvalue weighted by Gasteiger charge is 2.31. The molecular weight excluding hydrogens is 364 g/mol. The lowest BCUT2D eigenvalue weighted by molar-refractivity contribution is -0.0512. The molecule has 6 nitrogen and oxygen atoms in total. The molecular formula is C17H19F2N3O3S. The van der Waals surface area contributed by atoms with E-state index in [1.807, 2.05) is 20.8 Å². The van der Waals surface area contributed by atoms with E-state index in [0.29, 0.717) is 11.4 Å². The summed E-state index contributed by atoms with van der Waals surface area (Å²) in [5, 5.41) is 3.32. The van der Waals surface area contributed by atoms with Gasteiger partial charge in [-0.1, -0.05) is 17.8 Å². The minimum Gasteiger partial charge on any atom is -0.493 e. The molecule has 0 fully saturated rings. The van der Waals surface area contributed by atoms with Crippen molar-refractivity contribution in [3.63, 3.8) is 0 Å². The molecule has 0 radical (unpaired) electrons. The van der Waals surface area contributed by atoms with Crippen molar-refractivity contribution in [3.8, 4) is 11.5 Å². The first-order valence-corrected chi connectivity index (χ1v) is 8.88. The molecule has 0 spiro atoms. The summed E-state index contributed by atoms with van der Waals surface area (Å²) < 4.78 is 36.4. The van der Waals surface area contributed by atoms with Crippen LogP contribution in [0.3, 0.4) is 0 Å². The molecule has 0 saturated heterocycles. The van der Waals surface area contributed by atoms with Crippen LogP contribution in [0.4, 0.5) is 14.6 Å². The van der Waals surface area contributed by atoms with Gasteiger partial charge in [-0.2, -0.15) is 8.78 Å². The lowest BCUT2D eigenvalue weighted by Crippen LogP contribution is -2.14. The zero-order chi connectivity index (χ0) is 19.0. The van der Waals surface area contributed by atoms with Gasteiger partial charge in [-0.05, 0) is 38.5 Å². The van der Waals surface area contributed by atoms with Crippen molar-refractivity contribution in [2.24, 2.45) is 4.99 Å². The molecule has 9 heteroatoms. The van der Waals surface area contributed by atoms with Gasteiger partial charge in [0.25, 0.3) is 5.56 Å². The lowest BCUT2D eigenvalue weighted by Gasteiger charge is -2.22. The summed E-state index contributed by atoms with van der Waals surface area (Å²) in [7, 11) is 1.38. The van der Waals surface area contributed by atoms with Crippen molar-refractivity contribution in [3.05, 3.63) is 39.7 Å². The molecule has 2 aromatic rings. The maximum Gasteiger partial charge on any atom is 0.387 e. The van der Waals surface area contributed by atoms with Crippen LogP contribution in [0.15, 0.2) is 28.0 Å². The Bertz CT molecular complexity index is 905. The predicted molar refractivity (Wildman–Crippen MR) is 97.3 cm³/mol. The molecule has 1 aromatic carbocycles. The summed E-state index contributed by atoms with van der Waals surface area (Å²) >= 11 is 1.43. The summed E-state index contributed by atoms with van der Waals surface area (Å²) in [5.41, 5.74) is 1.07. The molecule has 1 atom stereocenters. The SMILES string of the molecule is COc1cc(C2SC(C)=Nc3c2c(=O)[nH]n3C(C)C)ccc1OC(F)F. The molecule has 1 unspecified atom stereocenters. The highest BCUT2D eigenvalue weighted by atomic mass is 32.2. The fourth-order valence-corrected chi connectivity index (χ4v) is 3.95. The molecule has 1 N–H and O–H groups in total. The van der Waals surface area contributed by atoms with Crippen molar-refractivity contribution in [2.45, 2.75) is 38.7 Å². The molecule has 0 aliphatic carbocycles. The topological polar surface area (TPSA) is 68.6 Å². The molecule has 1 aromatic heterocycles. The lowest BCUT2D eigenvalue weighted by atomic mass is 10.1. The third-order valence-electron chi connectivity index (χ3n) is 3.97. The number of benzene rings is 1. The molecule has 1 aliphatic heterocycles. The van der Waals surface area contributed by atoms with Gasteiger partial charge >= 0.3 is 6.61 Å². The maximum atomic E-state index is 12.5. The van der Waals surface area contributed by atoms with E-state index < -0.39 is 6.61 Å². The number of halogens is 2. The Morgan fingerprint density at radius 3 is 2.65 bits per heavy atom. The number of aliphatic imine (C=N–C) groups is 1. The maximum absolute atomic E-state index is 12.5. The van der Waals surface area contributed by atoms with Crippen LogP contribution in [0, 0.1) is 0 Å². The Morgan fingerprint density at radius 2 is 2.04 bits per heavy atom. The first-order chi connectivity index (χ1) is 12.3. The second kappa shape index (κ2) is 7.14. The number of alkyl halides is 2. The normalized spacial score (nSPS) is 16.6. The Labute approximate surface area is 153 Å². The van der Waals surface area contributed by atoms with Gasteiger partial charge in [-0.3, -0.25) is 14.6 Å². The van der Waals surface area contributed by atoms with Gasteiger partial charge in [0.1, 0.15) is 0 Å². The van der Waals surface area contributed by atoms with E-state index in [4.69, 9.17) is 4.74 Å². The van der Waals surface area contributed by atoms with Crippen LogP contribution in [0.25, 0.3) is 0 Å². The highest BCUT2D eigenvalue weighted by Crippen LogP contribution is 2.45. The van der Waals surface area contributed by atoms with Crippen molar-refractivity contribution in [2.75, 3.05) is 7.11 Å². The second-order valence-corrected chi connectivity index (χ2v) is 7.36. The van der Waals surface area contributed by atoms with Crippen molar-refractivity contribution in [1.82, 2.24) is 9.78 Å². The third kappa shape index (κ3) is 3.35. The second-order valence-electron chi connectivity index (χ2n) is 6.06. The van der Waals surface area contributed by atoms with E-state index in [1.54, 1.807) is 16.8 Å². The Hall–Kier alpha value is -2.29. The monoisotopic (exact) mass is 383 g/mol. The average Bonchev–Trinajstić information content (AvgIpc) is 2.91. The van der Waals surface area contributed by atoms with E-state index >= 15 is 0 Å². The predicted octanol–water partition coefficient (Wildman–Crippen LogP) is 4.25. The van der Waals surface area contributed by atoms with Crippen molar-refractivity contribution < 1.29 is 18.3 Å². The summed E-state index contributed by atoms with van der Waals surface area (Å²) in [6.45, 7) is 2.84. The van der Waals surface area contributed by atoms with Gasteiger partial charge in [-0.15, -0.1) is 0 Å². The summed E-state index contributed by atoms with van der Waals surface area (Å²) in [5.74, 6) is 0.731. The number of aromatic nitrogens is 2. The molecule has 26 heavy (non-hydrogen) atoms. The minimum atomic E-state index is -2.94. The first kappa shape index (κ1) is 18.5. The fraction of sp³-hybridized carbons (Fsp3) is 0.412. The van der Waals surface area contributed by atoms with Crippen LogP contribution in [0.5, 0.6) is 11.5 Å². The highest BCUT2D eigenvalue weighted by molar-refractivity contribution is 8.14. The Kier molecular flexibility index (Phi) is 5.08. The van der Waals surface area contributed by atoms with Crippen LogP contribution in [0.1, 0.15) is 43.2 Å². The van der Waals surface area contributed by atoms with Crippen LogP contribution >= 0.6 is 11.8 Å². The number of thioether (sulfide) groups is 1. The minimum absolute atomic E-state index is 0.0445. The number of methoxy groups -OCH3 is 1. The molecule has 140 valence electrons. The number of ether oxygens (including phenoxy) is 2. The van der Waals surface area contributed by atoms with Crippen LogP contribution in [-0.4, -0.2) is 28.5 Å². The van der Waals surface area contributed by atoms with Gasteiger partial charge < -0.3 is 9.47 Å². The first-order valence-electron chi connectivity index (χ1n) is 8.01. The van der Waals surface area contributed by atoms with Crippen molar-refractivity contribution >= 4 is 22.6 Å². The smallest absolute Gasteiger partial charge is 0.387 e. The third-order valence-corrected chi connectivity index (χ3v) is 5.15. The Morgan fingerprint density at radius 1 is 1.31 bits per heavy atom. The number of hydrogen-bond acceptors (Lipinski definition) is 5. The summed E-state index contributed by atoms with van der Waals surface area (Å²) in [6.07, 6.45) is 0. The summed E-state index contributed by atoms with van der Waals surface area (Å²) in [6, 6.07) is 4.74. The van der Waals surface area contributed by atoms with Gasteiger partial charge in [0, 0.05) is 6.04 Å². The number of fused-ring (bicyclic) bond motifs is 1. The number of aromatic amines is 1. The molecule has 0 saturated carbocycles. The van der Waals surface area contributed by atoms with Gasteiger partial charge in [0.2, 0.25) is 0 Å². The van der Waals surface area contributed by atoms with Gasteiger partial charge in [0.05, 0.1) is 23.0 Å². The largest absolute Gasteiger partial charge is 0.493 e. The van der Waals surface area contributed by atoms with Crippen LogP contribution < -0.4 is 15.0 Å². The average molecular weight is 383 g/mol. The van der Waals surface area contributed by atoms with Gasteiger partial charge in [0.15, 0.2) is 17.3 Å². The van der Waals surface area contributed by atoms with E-state index in [1.165, 1.54) is 24.9 Å². The molecule has 0 bridgehead atoms. The summed E-state index contributed by atoms with van der Waals surface area (Å²) in [4.78, 5) is 17.1. The zero-order valence-corrected chi connectivity index (χ0v) is 15.6. The number of nitrogens with zero attached hydrogens (tertiary/aromatic N) is 2. The van der Waals surface area contributed by atoms with Crippen LogP contribution in [-0.2, 0) is 0 Å².